The third-order valence-corrected chi connectivity index (χ3v) is 3.91. The smallest absolute Gasteiger partial charge is 0.265 e. The molecule has 0 bridgehead atoms. The van der Waals surface area contributed by atoms with Gasteiger partial charge in [-0.2, -0.15) is 5.10 Å². The minimum atomic E-state index is -0.0706. The number of amides is 1. The first kappa shape index (κ1) is 11.9. The van der Waals surface area contributed by atoms with Crippen LogP contribution in [0.25, 0.3) is 0 Å². The quantitative estimate of drug-likeness (QED) is 0.859. The first-order valence-corrected chi connectivity index (χ1v) is 6.20. The highest BCUT2D eigenvalue weighted by Gasteiger charge is 2.14. The SMILES string of the molecule is Cc1cc(C(=O)Nc2c(C)n[nH]c2C)sc1C. The molecule has 0 atom stereocenters. The Morgan fingerprint density at radius 1 is 1.35 bits per heavy atom. The lowest BCUT2D eigenvalue weighted by atomic mass is 10.2. The molecular weight excluding hydrogens is 234 g/mol. The van der Waals surface area contributed by atoms with Crippen molar-refractivity contribution in [1.29, 1.82) is 0 Å². The number of aryl methyl sites for hydroxylation is 4. The molecule has 2 aromatic rings. The van der Waals surface area contributed by atoms with Crippen LogP contribution >= 0.6 is 11.3 Å². The van der Waals surface area contributed by atoms with Crippen molar-refractivity contribution in [3.8, 4) is 0 Å². The third kappa shape index (κ3) is 2.24. The van der Waals surface area contributed by atoms with Gasteiger partial charge in [-0.1, -0.05) is 0 Å². The summed E-state index contributed by atoms with van der Waals surface area (Å²) in [6.07, 6.45) is 0. The average Bonchev–Trinajstić information content (AvgIpc) is 2.76. The zero-order valence-electron chi connectivity index (χ0n) is 10.3. The molecule has 5 heteroatoms. The Morgan fingerprint density at radius 3 is 2.53 bits per heavy atom. The topological polar surface area (TPSA) is 57.8 Å². The summed E-state index contributed by atoms with van der Waals surface area (Å²) in [4.78, 5) is 14.0. The number of nitrogens with one attached hydrogen (secondary N) is 2. The van der Waals surface area contributed by atoms with Gasteiger partial charge in [-0.3, -0.25) is 9.89 Å². The van der Waals surface area contributed by atoms with E-state index >= 15 is 0 Å². The Morgan fingerprint density at radius 2 is 2.06 bits per heavy atom. The molecule has 0 saturated carbocycles. The molecule has 0 unspecified atom stereocenters. The van der Waals surface area contributed by atoms with Gasteiger partial charge >= 0.3 is 0 Å². The van der Waals surface area contributed by atoms with Crippen molar-refractivity contribution in [2.75, 3.05) is 5.32 Å². The van der Waals surface area contributed by atoms with Crippen molar-refractivity contribution in [2.45, 2.75) is 27.7 Å². The lowest BCUT2D eigenvalue weighted by molar-refractivity contribution is 0.103. The first-order chi connectivity index (χ1) is 7.99. The van der Waals surface area contributed by atoms with Gasteiger partial charge in [-0.15, -0.1) is 11.3 Å². The third-order valence-electron chi connectivity index (χ3n) is 2.76. The number of carbonyl (C=O) groups excluding carboxylic acids is 1. The van der Waals surface area contributed by atoms with E-state index in [1.54, 1.807) is 0 Å². The van der Waals surface area contributed by atoms with Crippen molar-refractivity contribution in [3.05, 3.63) is 32.8 Å². The first-order valence-electron chi connectivity index (χ1n) is 5.39. The van der Waals surface area contributed by atoms with Crippen LogP contribution in [0.5, 0.6) is 0 Å². The standard InChI is InChI=1S/C12H15N3OS/c1-6-5-10(17-9(6)4)12(16)13-11-7(2)14-15-8(11)3/h5H,1-4H3,(H,13,16)(H,14,15). The molecular formula is C12H15N3OS. The summed E-state index contributed by atoms with van der Waals surface area (Å²) in [5, 5.41) is 9.79. The normalized spacial score (nSPS) is 10.6. The molecule has 0 fully saturated rings. The van der Waals surface area contributed by atoms with Crippen LogP contribution in [0.1, 0.15) is 31.5 Å². The second kappa shape index (κ2) is 4.33. The maximum atomic E-state index is 12.0. The minimum absolute atomic E-state index is 0.0706. The molecule has 2 rings (SSSR count). The molecule has 0 radical (unpaired) electrons. The summed E-state index contributed by atoms with van der Waals surface area (Å²) < 4.78 is 0. The number of hydrogen-bond donors (Lipinski definition) is 2. The predicted molar refractivity (Wildman–Crippen MR) is 69.8 cm³/mol. The number of hydrogen-bond acceptors (Lipinski definition) is 3. The lowest BCUT2D eigenvalue weighted by Gasteiger charge is -2.02. The molecule has 0 spiro atoms. The summed E-state index contributed by atoms with van der Waals surface area (Å²) in [7, 11) is 0. The van der Waals surface area contributed by atoms with Crippen molar-refractivity contribution in [3.63, 3.8) is 0 Å². The number of aromatic amines is 1. The molecule has 90 valence electrons. The van der Waals surface area contributed by atoms with Crippen LogP contribution < -0.4 is 5.32 Å². The summed E-state index contributed by atoms with van der Waals surface area (Å²) in [6, 6.07) is 1.92. The zero-order valence-corrected chi connectivity index (χ0v) is 11.2. The van der Waals surface area contributed by atoms with Crippen LogP contribution in [-0.2, 0) is 0 Å². The Bertz CT molecular complexity index is 529. The highest BCUT2D eigenvalue weighted by molar-refractivity contribution is 7.14. The van der Waals surface area contributed by atoms with Crippen molar-refractivity contribution >= 4 is 22.9 Å². The van der Waals surface area contributed by atoms with Crippen LogP contribution in [0.4, 0.5) is 5.69 Å². The number of H-pyrrole nitrogens is 1. The fourth-order valence-electron chi connectivity index (χ4n) is 1.60. The van der Waals surface area contributed by atoms with Crippen LogP contribution in [0.15, 0.2) is 6.07 Å². The van der Waals surface area contributed by atoms with Crippen LogP contribution in [0, 0.1) is 27.7 Å². The number of rotatable bonds is 2. The average molecular weight is 249 g/mol. The van der Waals surface area contributed by atoms with E-state index in [-0.39, 0.29) is 5.91 Å². The molecule has 17 heavy (non-hydrogen) atoms. The van der Waals surface area contributed by atoms with Gasteiger partial charge in [-0.05, 0) is 39.3 Å². The number of anilines is 1. The Labute approximate surface area is 104 Å². The maximum absolute atomic E-state index is 12.0. The molecule has 1 amide bonds. The van der Waals surface area contributed by atoms with Crippen LogP contribution in [0.3, 0.4) is 0 Å². The molecule has 0 saturated heterocycles. The van der Waals surface area contributed by atoms with E-state index in [0.717, 1.165) is 27.5 Å². The second-order valence-corrected chi connectivity index (χ2v) is 5.37. The van der Waals surface area contributed by atoms with Gasteiger partial charge in [0.15, 0.2) is 0 Å². The van der Waals surface area contributed by atoms with Gasteiger partial charge < -0.3 is 5.32 Å². The fraction of sp³-hybridized carbons (Fsp3) is 0.333. The molecule has 4 nitrogen and oxygen atoms in total. The monoisotopic (exact) mass is 249 g/mol. The number of nitrogens with zero attached hydrogens (tertiary/aromatic N) is 1. The van der Waals surface area contributed by atoms with E-state index in [9.17, 15) is 4.79 Å². The number of aromatic nitrogens is 2. The Hall–Kier alpha value is -1.62. The molecule has 2 heterocycles. The van der Waals surface area contributed by atoms with Crippen molar-refractivity contribution < 1.29 is 4.79 Å². The van der Waals surface area contributed by atoms with Gasteiger partial charge in [0.2, 0.25) is 0 Å². The predicted octanol–water partition coefficient (Wildman–Crippen LogP) is 2.96. The van der Waals surface area contributed by atoms with Gasteiger partial charge in [-0.25, -0.2) is 0 Å². The summed E-state index contributed by atoms with van der Waals surface area (Å²) in [6.45, 7) is 7.78. The molecule has 0 aliphatic heterocycles. The van der Waals surface area contributed by atoms with Crippen LogP contribution in [-0.4, -0.2) is 16.1 Å². The molecule has 0 aromatic carbocycles. The highest BCUT2D eigenvalue weighted by atomic mass is 32.1. The number of thiophene rings is 1. The van der Waals surface area contributed by atoms with Crippen LogP contribution in [0.2, 0.25) is 0 Å². The lowest BCUT2D eigenvalue weighted by Crippen LogP contribution is -2.11. The van der Waals surface area contributed by atoms with Gasteiger partial charge in [0.25, 0.3) is 5.91 Å². The summed E-state index contributed by atoms with van der Waals surface area (Å²) in [5.74, 6) is -0.0706. The number of carbonyl (C=O) groups is 1. The largest absolute Gasteiger partial charge is 0.318 e. The van der Waals surface area contributed by atoms with Gasteiger partial charge in [0.05, 0.1) is 22.0 Å². The molecule has 0 aliphatic carbocycles. The molecule has 0 aliphatic rings. The van der Waals surface area contributed by atoms with Crippen molar-refractivity contribution in [1.82, 2.24) is 10.2 Å². The van der Waals surface area contributed by atoms with E-state index in [1.165, 1.54) is 16.2 Å². The highest BCUT2D eigenvalue weighted by Crippen LogP contribution is 2.23. The van der Waals surface area contributed by atoms with Gasteiger partial charge in [0, 0.05) is 4.88 Å². The van der Waals surface area contributed by atoms with E-state index < -0.39 is 0 Å². The molecule has 2 N–H and O–H groups in total. The summed E-state index contributed by atoms with van der Waals surface area (Å²) in [5.41, 5.74) is 3.61. The second-order valence-electron chi connectivity index (χ2n) is 4.11. The van der Waals surface area contributed by atoms with E-state index in [2.05, 4.69) is 15.5 Å². The fourth-order valence-corrected chi connectivity index (χ4v) is 2.52. The van der Waals surface area contributed by atoms with E-state index in [1.807, 2.05) is 33.8 Å². The molecule has 2 aromatic heterocycles. The van der Waals surface area contributed by atoms with E-state index in [0.29, 0.717) is 0 Å². The summed E-state index contributed by atoms with van der Waals surface area (Å²) >= 11 is 1.51. The zero-order chi connectivity index (χ0) is 12.6. The van der Waals surface area contributed by atoms with E-state index in [4.69, 9.17) is 0 Å². The minimum Gasteiger partial charge on any atom is -0.318 e. The van der Waals surface area contributed by atoms with Gasteiger partial charge in [0.1, 0.15) is 0 Å². The van der Waals surface area contributed by atoms with Crippen molar-refractivity contribution in [2.24, 2.45) is 0 Å². The maximum Gasteiger partial charge on any atom is 0.265 e. The Balaban J connectivity index is 2.23. The Kier molecular flexibility index (Phi) is 3.02.